The molecule has 1 aromatic carbocycles. The number of rotatable bonds is 4. The van der Waals surface area contributed by atoms with Gasteiger partial charge in [-0.05, 0) is 12.1 Å². The average Bonchev–Trinajstić information content (AvgIpc) is 2.26. The van der Waals surface area contributed by atoms with Gasteiger partial charge in [0.15, 0.2) is 0 Å². The Labute approximate surface area is 97.5 Å². The van der Waals surface area contributed by atoms with E-state index in [1.807, 2.05) is 6.07 Å². The molecule has 0 fully saturated rings. The molecule has 0 aliphatic rings. The second-order valence-electron chi connectivity index (χ2n) is 2.96. The average molecular weight is 240 g/mol. The van der Waals surface area contributed by atoms with Gasteiger partial charge >= 0.3 is 5.97 Å². The monoisotopic (exact) mass is 239 g/mol. The predicted octanol–water partition coefficient (Wildman–Crippen LogP) is 1.87. The molecule has 0 heterocycles. The number of benzene rings is 1. The van der Waals surface area contributed by atoms with Gasteiger partial charge in [-0.15, -0.1) is 11.6 Å². The summed E-state index contributed by atoms with van der Waals surface area (Å²) in [5, 5.41) is 11.1. The fraction of sp³-hybridized carbons (Fsp3) is 0.0909. The maximum Gasteiger partial charge on any atom is 0.328 e. The fourth-order valence-corrected chi connectivity index (χ4v) is 1.25. The number of carbonyl (C=O) groups excluding carboxylic acids is 1. The van der Waals surface area contributed by atoms with Gasteiger partial charge in [0.25, 0.3) is 5.91 Å². The van der Waals surface area contributed by atoms with Crippen LogP contribution < -0.4 is 5.32 Å². The first-order chi connectivity index (χ1) is 7.63. The molecule has 5 heteroatoms. The lowest BCUT2D eigenvalue weighted by Gasteiger charge is -2.05. The Kier molecular flexibility index (Phi) is 4.54. The fourth-order valence-electron chi connectivity index (χ4n) is 1.05. The van der Waals surface area contributed by atoms with Gasteiger partial charge in [-0.1, -0.05) is 18.2 Å². The summed E-state index contributed by atoms with van der Waals surface area (Å²) in [5.41, 5.74) is 0.604. The minimum Gasteiger partial charge on any atom is -0.478 e. The molecular weight excluding hydrogens is 230 g/mol. The summed E-state index contributed by atoms with van der Waals surface area (Å²) in [4.78, 5) is 22.0. The molecule has 2 N–H and O–H groups in total. The van der Waals surface area contributed by atoms with Crippen LogP contribution in [0.1, 0.15) is 0 Å². The maximum atomic E-state index is 11.6. The number of hydrogen-bond acceptors (Lipinski definition) is 2. The highest BCUT2D eigenvalue weighted by Gasteiger charge is 2.10. The number of amides is 1. The van der Waals surface area contributed by atoms with Crippen molar-refractivity contribution >= 4 is 29.2 Å². The van der Waals surface area contributed by atoms with Gasteiger partial charge in [0, 0.05) is 17.3 Å². The predicted molar refractivity (Wildman–Crippen MR) is 61.5 cm³/mol. The van der Waals surface area contributed by atoms with Gasteiger partial charge in [-0.25, -0.2) is 4.79 Å². The normalized spacial score (nSPS) is 10.9. The third kappa shape index (κ3) is 3.74. The minimum absolute atomic E-state index is 0.0121. The summed E-state index contributed by atoms with van der Waals surface area (Å²) in [6, 6.07) is 8.73. The molecule has 4 nitrogen and oxygen atoms in total. The highest BCUT2D eigenvalue weighted by atomic mass is 35.5. The summed E-state index contributed by atoms with van der Waals surface area (Å²) in [7, 11) is 0. The molecule has 84 valence electrons. The second kappa shape index (κ2) is 5.92. The topological polar surface area (TPSA) is 66.4 Å². The summed E-state index contributed by atoms with van der Waals surface area (Å²) >= 11 is 5.48. The molecule has 0 spiro atoms. The molecule has 0 aliphatic carbocycles. The smallest absolute Gasteiger partial charge is 0.328 e. The van der Waals surface area contributed by atoms with Crippen LogP contribution in [0.5, 0.6) is 0 Å². The lowest BCUT2D eigenvalue weighted by molar-refractivity contribution is -0.131. The zero-order valence-corrected chi connectivity index (χ0v) is 9.07. The lowest BCUT2D eigenvalue weighted by Crippen LogP contribution is -2.16. The number of nitrogens with one attached hydrogen (secondary N) is 1. The van der Waals surface area contributed by atoms with Crippen molar-refractivity contribution in [3.8, 4) is 0 Å². The molecule has 0 unspecified atom stereocenters. The second-order valence-corrected chi connectivity index (χ2v) is 3.23. The van der Waals surface area contributed by atoms with Crippen LogP contribution in [0.15, 0.2) is 42.0 Å². The number of para-hydroxylation sites is 1. The molecule has 0 saturated carbocycles. The molecule has 0 atom stereocenters. The molecule has 1 aromatic rings. The van der Waals surface area contributed by atoms with Crippen LogP contribution in [0.25, 0.3) is 0 Å². The van der Waals surface area contributed by atoms with Gasteiger partial charge in [0.1, 0.15) is 0 Å². The van der Waals surface area contributed by atoms with E-state index in [0.29, 0.717) is 5.69 Å². The highest BCUT2D eigenvalue weighted by molar-refractivity contribution is 6.24. The van der Waals surface area contributed by atoms with Crippen LogP contribution in [0.3, 0.4) is 0 Å². The van der Waals surface area contributed by atoms with Crippen LogP contribution in [0, 0.1) is 0 Å². The van der Waals surface area contributed by atoms with Crippen LogP contribution in [-0.2, 0) is 9.59 Å². The number of alkyl halides is 1. The molecule has 16 heavy (non-hydrogen) atoms. The third-order valence-electron chi connectivity index (χ3n) is 1.76. The van der Waals surface area contributed by atoms with Crippen LogP contribution in [0.4, 0.5) is 5.69 Å². The van der Waals surface area contributed by atoms with Gasteiger partial charge in [-0.3, -0.25) is 4.79 Å². The highest BCUT2D eigenvalue weighted by Crippen LogP contribution is 2.08. The Hall–Kier alpha value is -1.81. The maximum absolute atomic E-state index is 11.6. The van der Waals surface area contributed by atoms with Crippen molar-refractivity contribution in [3.05, 3.63) is 42.0 Å². The molecule has 0 saturated heterocycles. The standard InChI is InChI=1S/C11H10ClNO3/c12-7-8(6-10(14)15)11(16)13-9-4-2-1-3-5-9/h1-6H,7H2,(H,13,16)(H,14,15)/b8-6-. The van der Waals surface area contributed by atoms with Crippen LogP contribution in [-0.4, -0.2) is 22.9 Å². The van der Waals surface area contributed by atoms with Crippen molar-refractivity contribution in [2.45, 2.75) is 0 Å². The quantitative estimate of drug-likeness (QED) is 0.623. The van der Waals surface area contributed by atoms with Gasteiger partial charge in [0.2, 0.25) is 0 Å². The number of carboxylic acids is 1. The molecule has 1 rings (SSSR count). The molecule has 0 bridgehead atoms. The Morgan fingerprint density at radius 3 is 2.44 bits per heavy atom. The lowest BCUT2D eigenvalue weighted by atomic mass is 10.2. The first-order valence-electron chi connectivity index (χ1n) is 4.49. The van der Waals surface area contributed by atoms with E-state index < -0.39 is 11.9 Å². The van der Waals surface area contributed by atoms with Gasteiger partial charge < -0.3 is 10.4 Å². The van der Waals surface area contributed by atoms with E-state index in [4.69, 9.17) is 16.7 Å². The number of anilines is 1. The molecular formula is C11H10ClNO3. The van der Waals surface area contributed by atoms with Crippen LogP contribution in [0.2, 0.25) is 0 Å². The first kappa shape index (κ1) is 12.3. The Morgan fingerprint density at radius 1 is 1.31 bits per heavy atom. The number of aliphatic carboxylic acids is 1. The summed E-state index contributed by atoms with van der Waals surface area (Å²) in [5.74, 6) is -1.85. The Bertz CT molecular complexity index is 414. The van der Waals surface area contributed by atoms with E-state index in [2.05, 4.69) is 5.32 Å². The number of hydrogen-bond donors (Lipinski definition) is 2. The van der Waals surface area contributed by atoms with Crippen molar-refractivity contribution in [3.63, 3.8) is 0 Å². The van der Waals surface area contributed by atoms with E-state index >= 15 is 0 Å². The van der Waals surface area contributed by atoms with Crippen molar-refractivity contribution in [2.24, 2.45) is 0 Å². The Balaban J connectivity index is 2.75. The van der Waals surface area contributed by atoms with E-state index in [0.717, 1.165) is 6.08 Å². The minimum atomic E-state index is -1.20. The zero-order valence-electron chi connectivity index (χ0n) is 8.31. The third-order valence-corrected chi connectivity index (χ3v) is 2.05. The molecule has 0 radical (unpaired) electrons. The van der Waals surface area contributed by atoms with E-state index in [9.17, 15) is 9.59 Å². The summed E-state index contributed by atoms with van der Waals surface area (Å²) < 4.78 is 0. The Morgan fingerprint density at radius 2 is 1.94 bits per heavy atom. The van der Waals surface area contributed by atoms with Crippen molar-refractivity contribution < 1.29 is 14.7 Å². The van der Waals surface area contributed by atoms with E-state index in [-0.39, 0.29) is 11.5 Å². The van der Waals surface area contributed by atoms with Crippen molar-refractivity contribution in [2.75, 3.05) is 11.2 Å². The van der Waals surface area contributed by atoms with E-state index in [1.54, 1.807) is 24.3 Å². The van der Waals surface area contributed by atoms with Crippen molar-refractivity contribution in [1.29, 1.82) is 0 Å². The number of carbonyl (C=O) groups is 2. The SMILES string of the molecule is O=C(O)/C=C(/CCl)C(=O)Nc1ccccc1. The van der Waals surface area contributed by atoms with Crippen LogP contribution >= 0.6 is 11.6 Å². The van der Waals surface area contributed by atoms with E-state index in [1.165, 1.54) is 0 Å². The van der Waals surface area contributed by atoms with Crippen molar-refractivity contribution in [1.82, 2.24) is 0 Å². The summed E-state index contributed by atoms with van der Waals surface area (Å²) in [6.45, 7) is 0. The zero-order chi connectivity index (χ0) is 12.0. The molecule has 1 amide bonds. The molecule has 0 aromatic heterocycles. The first-order valence-corrected chi connectivity index (χ1v) is 5.03. The number of halogens is 1. The van der Waals surface area contributed by atoms with Gasteiger partial charge in [-0.2, -0.15) is 0 Å². The largest absolute Gasteiger partial charge is 0.478 e. The van der Waals surface area contributed by atoms with Gasteiger partial charge in [0.05, 0.1) is 5.88 Å². The molecule has 0 aliphatic heterocycles. The summed E-state index contributed by atoms with van der Waals surface area (Å²) in [6.07, 6.45) is 0.797. The number of carboxylic acid groups (broad SMARTS) is 1.